The van der Waals surface area contributed by atoms with Gasteiger partial charge in [0.15, 0.2) is 5.75 Å². The topological polar surface area (TPSA) is 67.6 Å². The Labute approximate surface area is 163 Å². The number of ether oxygens (including phenoxy) is 1. The molecule has 5 nitrogen and oxygen atoms in total. The molecule has 1 amide bonds. The van der Waals surface area contributed by atoms with Gasteiger partial charge in [-0.2, -0.15) is 0 Å². The molecule has 1 aliphatic rings. The molecule has 0 bridgehead atoms. The van der Waals surface area contributed by atoms with Gasteiger partial charge in [0.1, 0.15) is 6.61 Å². The molecule has 2 aromatic carbocycles. The first-order chi connectivity index (χ1) is 12.5. The number of benzene rings is 2. The third-order valence-electron chi connectivity index (χ3n) is 4.29. The lowest BCUT2D eigenvalue weighted by molar-refractivity contribution is 0.102. The van der Waals surface area contributed by atoms with E-state index in [0.29, 0.717) is 24.5 Å². The number of likely N-dealkylation sites (N-methyl/N-ethyl adjacent to an activating group) is 1. The van der Waals surface area contributed by atoms with Crippen molar-refractivity contribution in [3.05, 3.63) is 57.1 Å². The summed E-state index contributed by atoms with van der Waals surface area (Å²) in [6.45, 7) is 2.59. The number of nitrogens with zero attached hydrogens (tertiary/aromatic N) is 1. The zero-order valence-electron chi connectivity index (χ0n) is 14.5. The third-order valence-corrected chi connectivity index (χ3v) is 4.85. The minimum Gasteiger partial charge on any atom is -0.489 e. The molecule has 2 aromatic rings. The number of amides is 1. The number of hydrogen-bond donors (Lipinski definition) is 2. The Kier molecular flexibility index (Phi) is 6.04. The van der Waals surface area contributed by atoms with Crippen LogP contribution in [0.1, 0.15) is 21.5 Å². The van der Waals surface area contributed by atoms with Gasteiger partial charge in [-0.15, -0.1) is 0 Å². The van der Waals surface area contributed by atoms with Crippen LogP contribution in [0.25, 0.3) is 0 Å². The lowest BCUT2D eigenvalue weighted by atomic mass is 9.99. The van der Waals surface area contributed by atoms with Gasteiger partial charge in [-0.25, -0.2) is 0 Å². The number of carbonyl (C=O) groups is 1. The standard InChI is InChI=1S/C19H21Cl2N3O2/c1-24-6-4-12-8-15(3-2-13(12)11-24)23-19(25)14-9-16(20)18(17(21)10-14)26-7-5-22/h2-3,8-10H,4-7,11,22H2,1H3,(H,23,25). The van der Waals surface area contributed by atoms with Crippen molar-refractivity contribution in [2.75, 3.05) is 32.1 Å². The zero-order chi connectivity index (χ0) is 18.7. The van der Waals surface area contributed by atoms with Gasteiger partial charge in [0.05, 0.1) is 10.0 Å². The van der Waals surface area contributed by atoms with Gasteiger partial charge in [0, 0.05) is 30.9 Å². The maximum atomic E-state index is 12.6. The highest BCUT2D eigenvalue weighted by Gasteiger charge is 2.16. The minimum atomic E-state index is -0.271. The Morgan fingerprint density at radius 2 is 1.96 bits per heavy atom. The maximum absolute atomic E-state index is 12.6. The van der Waals surface area contributed by atoms with Crippen molar-refractivity contribution in [1.29, 1.82) is 0 Å². The van der Waals surface area contributed by atoms with E-state index in [4.69, 9.17) is 33.7 Å². The van der Waals surface area contributed by atoms with E-state index in [-0.39, 0.29) is 16.0 Å². The van der Waals surface area contributed by atoms with Gasteiger partial charge in [0.2, 0.25) is 0 Å². The third kappa shape index (κ3) is 4.30. The lowest BCUT2D eigenvalue weighted by Crippen LogP contribution is -2.26. The van der Waals surface area contributed by atoms with E-state index in [1.807, 2.05) is 12.1 Å². The summed E-state index contributed by atoms with van der Waals surface area (Å²) in [5.74, 6) is 0.0697. The highest BCUT2D eigenvalue weighted by atomic mass is 35.5. The maximum Gasteiger partial charge on any atom is 0.255 e. The zero-order valence-corrected chi connectivity index (χ0v) is 16.0. The second-order valence-corrected chi connectivity index (χ2v) is 7.15. The smallest absolute Gasteiger partial charge is 0.255 e. The number of fused-ring (bicyclic) bond motifs is 1. The molecule has 0 radical (unpaired) electrons. The molecule has 0 atom stereocenters. The van der Waals surface area contributed by atoms with E-state index in [1.165, 1.54) is 11.1 Å². The SMILES string of the molecule is CN1CCc2cc(NC(=O)c3cc(Cl)c(OCCN)c(Cl)c3)ccc2C1. The van der Waals surface area contributed by atoms with Gasteiger partial charge in [-0.05, 0) is 48.9 Å². The van der Waals surface area contributed by atoms with Crippen molar-refractivity contribution >= 4 is 34.8 Å². The quantitative estimate of drug-likeness (QED) is 0.814. The molecule has 0 saturated heterocycles. The molecule has 0 saturated carbocycles. The first kappa shape index (κ1) is 19.0. The molecule has 0 fully saturated rings. The fourth-order valence-corrected chi connectivity index (χ4v) is 3.56. The van der Waals surface area contributed by atoms with Crippen LogP contribution in [-0.4, -0.2) is 37.6 Å². The van der Waals surface area contributed by atoms with Crippen LogP contribution in [0.15, 0.2) is 30.3 Å². The van der Waals surface area contributed by atoms with Gasteiger partial charge < -0.3 is 20.7 Å². The van der Waals surface area contributed by atoms with E-state index in [9.17, 15) is 4.79 Å². The molecule has 0 aromatic heterocycles. The van der Waals surface area contributed by atoms with Crippen LogP contribution in [0, 0.1) is 0 Å². The largest absolute Gasteiger partial charge is 0.489 e. The number of rotatable bonds is 5. The highest BCUT2D eigenvalue weighted by molar-refractivity contribution is 6.37. The van der Waals surface area contributed by atoms with Gasteiger partial charge >= 0.3 is 0 Å². The number of nitrogens with one attached hydrogen (secondary N) is 1. The second kappa shape index (κ2) is 8.27. The molecule has 1 heterocycles. The summed E-state index contributed by atoms with van der Waals surface area (Å²) >= 11 is 12.4. The van der Waals surface area contributed by atoms with Crippen molar-refractivity contribution in [3.8, 4) is 5.75 Å². The first-order valence-corrected chi connectivity index (χ1v) is 9.17. The van der Waals surface area contributed by atoms with Crippen LogP contribution in [0.2, 0.25) is 10.0 Å². The summed E-state index contributed by atoms with van der Waals surface area (Å²) in [7, 11) is 2.10. The molecule has 0 aliphatic carbocycles. The molecular weight excluding hydrogens is 373 g/mol. The molecule has 0 spiro atoms. The van der Waals surface area contributed by atoms with Crippen LogP contribution in [0.3, 0.4) is 0 Å². The van der Waals surface area contributed by atoms with Gasteiger partial charge in [-0.3, -0.25) is 4.79 Å². The highest BCUT2D eigenvalue weighted by Crippen LogP contribution is 2.34. The Balaban J connectivity index is 1.76. The molecular formula is C19H21Cl2N3O2. The van der Waals surface area contributed by atoms with E-state index < -0.39 is 0 Å². The summed E-state index contributed by atoms with van der Waals surface area (Å²) in [6.07, 6.45) is 0.973. The van der Waals surface area contributed by atoms with Crippen LogP contribution in [-0.2, 0) is 13.0 Å². The first-order valence-electron chi connectivity index (χ1n) is 8.41. The number of halogens is 2. The van der Waals surface area contributed by atoms with Crippen molar-refractivity contribution in [2.45, 2.75) is 13.0 Å². The Morgan fingerprint density at radius 1 is 1.23 bits per heavy atom. The van der Waals surface area contributed by atoms with E-state index in [1.54, 1.807) is 12.1 Å². The van der Waals surface area contributed by atoms with Crippen molar-refractivity contribution in [1.82, 2.24) is 4.90 Å². The summed E-state index contributed by atoms with van der Waals surface area (Å²) in [4.78, 5) is 14.8. The molecule has 3 rings (SSSR count). The Morgan fingerprint density at radius 3 is 2.65 bits per heavy atom. The van der Waals surface area contributed by atoms with Crippen molar-refractivity contribution < 1.29 is 9.53 Å². The predicted molar refractivity (Wildman–Crippen MR) is 105 cm³/mol. The average molecular weight is 394 g/mol. The van der Waals surface area contributed by atoms with Crippen LogP contribution >= 0.6 is 23.2 Å². The summed E-state index contributed by atoms with van der Waals surface area (Å²) in [6, 6.07) is 9.09. The number of carbonyl (C=O) groups excluding carboxylic acids is 1. The minimum absolute atomic E-state index is 0.271. The van der Waals surface area contributed by atoms with E-state index in [0.717, 1.165) is 25.2 Å². The van der Waals surface area contributed by atoms with Gasteiger partial charge in [0.25, 0.3) is 5.91 Å². The number of hydrogen-bond acceptors (Lipinski definition) is 4. The summed E-state index contributed by atoms with van der Waals surface area (Å²) in [5, 5.41) is 3.47. The Hall–Kier alpha value is -1.79. The average Bonchev–Trinajstić information content (AvgIpc) is 2.61. The normalized spacial score (nSPS) is 14.0. The molecule has 26 heavy (non-hydrogen) atoms. The molecule has 3 N–H and O–H groups in total. The number of anilines is 1. The van der Waals surface area contributed by atoms with Crippen LogP contribution < -0.4 is 15.8 Å². The molecule has 138 valence electrons. The van der Waals surface area contributed by atoms with Crippen LogP contribution in [0.4, 0.5) is 5.69 Å². The summed E-state index contributed by atoms with van der Waals surface area (Å²) < 4.78 is 5.42. The molecule has 1 aliphatic heterocycles. The monoisotopic (exact) mass is 393 g/mol. The molecule has 7 heteroatoms. The van der Waals surface area contributed by atoms with E-state index in [2.05, 4.69) is 23.3 Å². The van der Waals surface area contributed by atoms with Gasteiger partial charge in [-0.1, -0.05) is 29.3 Å². The predicted octanol–water partition coefficient (Wildman–Crippen LogP) is 3.57. The fourth-order valence-electron chi connectivity index (χ4n) is 2.96. The molecule has 0 unspecified atom stereocenters. The van der Waals surface area contributed by atoms with Crippen molar-refractivity contribution in [3.63, 3.8) is 0 Å². The second-order valence-electron chi connectivity index (χ2n) is 6.33. The summed E-state index contributed by atoms with van der Waals surface area (Å²) in [5.41, 5.74) is 9.11. The number of nitrogens with two attached hydrogens (primary N) is 1. The Bertz CT molecular complexity index is 803. The van der Waals surface area contributed by atoms with Crippen molar-refractivity contribution in [2.24, 2.45) is 5.73 Å². The van der Waals surface area contributed by atoms with Crippen LogP contribution in [0.5, 0.6) is 5.75 Å². The van der Waals surface area contributed by atoms with E-state index >= 15 is 0 Å². The fraction of sp³-hybridized carbons (Fsp3) is 0.316. The lowest BCUT2D eigenvalue weighted by Gasteiger charge is -2.25.